The van der Waals surface area contributed by atoms with E-state index in [1.165, 1.54) is 11.8 Å². The molecule has 0 aromatic heterocycles. The average Bonchev–Trinajstić information content (AvgIpc) is 2.30. The Balaban J connectivity index is 3.08. The first-order chi connectivity index (χ1) is 7.71. The fraction of sp³-hybridized carbons (Fsp3) is 0.273. The van der Waals surface area contributed by atoms with E-state index < -0.39 is 0 Å². The SMILES string of the molecule is CCc1cc(Br)ccc1N=C(NC#N)SC. The first kappa shape index (κ1) is 13.1. The van der Waals surface area contributed by atoms with Crippen molar-refractivity contribution in [3.8, 4) is 6.19 Å². The summed E-state index contributed by atoms with van der Waals surface area (Å²) in [6.07, 6.45) is 4.67. The fourth-order valence-corrected chi connectivity index (χ4v) is 1.97. The Kier molecular flexibility index (Phi) is 5.36. The van der Waals surface area contributed by atoms with Gasteiger partial charge < -0.3 is 0 Å². The summed E-state index contributed by atoms with van der Waals surface area (Å²) < 4.78 is 1.04. The average molecular weight is 298 g/mol. The van der Waals surface area contributed by atoms with E-state index >= 15 is 0 Å². The van der Waals surface area contributed by atoms with Crippen LogP contribution in [0.5, 0.6) is 0 Å². The minimum atomic E-state index is 0.611. The molecule has 1 N–H and O–H groups in total. The topological polar surface area (TPSA) is 48.2 Å². The zero-order chi connectivity index (χ0) is 12.0. The summed E-state index contributed by atoms with van der Waals surface area (Å²) in [6.45, 7) is 2.08. The van der Waals surface area contributed by atoms with Crippen LogP contribution in [0.3, 0.4) is 0 Å². The minimum Gasteiger partial charge on any atom is -0.271 e. The molecule has 1 aromatic carbocycles. The molecular weight excluding hydrogens is 286 g/mol. The van der Waals surface area contributed by atoms with Gasteiger partial charge in [-0.05, 0) is 36.4 Å². The lowest BCUT2D eigenvalue weighted by Gasteiger charge is -2.05. The number of nitrogens with zero attached hydrogens (tertiary/aromatic N) is 2. The van der Waals surface area contributed by atoms with Crippen molar-refractivity contribution in [2.45, 2.75) is 13.3 Å². The molecule has 0 saturated carbocycles. The molecule has 0 unspecified atom stereocenters. The summed E-state index contributed by atoms with van der Waals surface area (Å²) in [6, 6.07) is 5.93. The summed E-state index contributed by atoms with van der Waals surface area (Å²) in [4.78, 5) is 4.40. The molecule has 5 heteroatoms. The molecule has 84 valence electrons. The van der Waals surface area contributed by atoms with E-state index in [0.29, 0.717) is 5.17 Å². The Bertz CT molecular complexity index is 437. The van der Waals surface area contributed by atoms with Gasteiger partial charge in [-0.15, -0.1) is 0 Å². The van der Waals surface area contributed by atoms with Crippen molar-refractivity contribution in [2.24, 2.45) is 4.99 Å². The number of nitrogens with one attached hydrogen (secondary N) is 1. The van der Waals surface area contributed by atoms with Gasteiger partial charge in [0.1, 0.15) is 0 Å². The van der Waals surface area contributed by atoms with E-state index in [0.717, 1.165) is 22.1 Å². The highest BCUT2D eigenvalue weighted by Crippen LogP contribution is 2.24. The Labute approximate surface area is 108 Å². The number of nitriles is 1. The maximum Gasteiger partial charge on any atom is 0.183 e. The number of amidine groups is 1. The number of aryl methyl sites for hydroxylation is 1. The van der Waals surface area contributed by atoms with E-state index in [9.17, 15) is 0 Å². The maximum absolute atomic E-state index is 8.55. The molecule has 1 aromatic rings. The van der Waals surface area contributed by atoms with Crippen LogP contribution < -0.4 is 5.32 Å². The number of rotatable bonds is 2. The van der Waals surface area contributed by atoms with E-state index in [1.54, 1.807) is 0 Å². The largest absolute Gasteiger partial charge is 0.271 e. The second kappa shape index (κ2) is 6.56. The highest BCUT2D eigenvalue weighted by Gasteiger charge is 2.02. The predicted octanol–water partition coefficient (Wildman–Crippen LogP) is 3.43. The quantitative estimate of drug-likeness (QED) is 0.394. The first-order valence-electron chi connectivity index (χ1n) is 4.77. The van der Waals surface area contributed by atoms with Crippen LogP contribution in [0.25, 0.3) is 0 Å². The van der Waals surface area contributed by atoms with Crippen molar-refractivity contribution in [1.29, 1.82) is 5.26 Å². The standard InChI is InChI=1S/C11H12BrN3S/c1-3-8-6-9(12)4-5-10(8)15-11(16-2)14-7-13/h4-6H,3H2,1-2H3,(H,14,15). The van der Waals surface area contributed by atoms with Gasteiger partial charge >= 0.3 is 0 Å². The fourth-order valence-electron chi connectivity index (χ4n) is 1.23. The molecule has 0 atom stereocenters. The second-order valence-electron chi connectivity index (χ2n) is 2.98. The van der Waals surface area contributed by atoms with E-state index in [2.05, 4.69) is 33.2 Å². The van der Waals surface area contributed by atoms with Crippen LogP contribution in [0, 0.1) is 11.5 Å². The molecule has 0 heterocycles. The summed E-state index contributed by atoms with van der Waals surface area (Å²) in [5.41, 5.74) is 2.05. The summed E-state index contributed by atoms with van der Waals surface area (Å²) in [5, 5.41) is 11.7. The number of thioether (sulfide) groups is 1. The number of hydrogen-bond donors (Lipinski definition) is 1. The van der Waals surface area contributed by atoms with Crippen molar-refractivity contribution in [1.82, 2.24) is 5.32 Å². The number of hydrogen-bond acceptors (Lipinski definition) is 3. The van der Waals surface area contributed by atoms with Crippen LogP contribution >= 0.6 is 27.7 Å². The van der Waals surface area contributed by atoms with Gasteiger partial charge in [0, 0.05) is 4.47 Å². The molecule has 0 fully saturated rings. The monoisotopic (exact) mass is 297 g/mol. The first-order valence-corrected chi connectivity index (χ1v) is 6.79. The molecule has 0 aliphatic rings. The van der Waals surface area contributed by atoms with Crippen LogP contribution in [0.2, 0.25) is 0 Å². The second-order valence-corrected chi connectivity index (χ2v) is 4.70. The summed E-state index contributed by atoms with van der Waals surface area (Å²) in [5.74, 6) is 0. The van der Waals surface area contributed by atoms with Gasteiger partial charge in [0.05, 0.1) is 5.69 Å². The highest BCUT2D eigenvalue weighted by molar-refractivity contribution is 9.10. The molecule has 0 amide bonds. The smallest absolute Gasteiger partial charge is 0.183 e. The van der Waals surface area contributed by atoms with Crippen molar-refractivity contribution in [2.75, 3.05) is 6.26 Å². The third-order valence-corrected chi connectivity index (χ3v) is 3.07. The minimum absolute atomic E-state index is 0.611. The van der Waals surface area contributed by atoms with Gasteiger partial charge in [0.15, 0.2) is 11.4 Å². The van der Waals surface area contributed by atoms with Crippen molar-refractivity contribution in [3.63, 3.8) is 0 Å². The Morgan fingerprint density at radius 2 is 2.38 bits per heavy atom. The van der Waals surface area contributed by atoms with E-state index in [-0.39, 0.29) is 0 Å². The lowest BCUT2D eigenvalue weighted by atomic mass is 10.1. The van der Waals surface area contributed by atoms with Crippen LogP contribution in [0.1, 0.15) is 12.5 Å². The van der Waals surface area contributed by atoms with Gasteiger partial charge in [-0.25, -0.2) is 4.99 Å². The van der Waals surface area contributed by atoms with Gasteiger partial charge in [-0.3, -0.25) is 5.32 Å². The van der Waals surface area contributed by atoms with Crippen LogP contribution in [0.4, 0.5) is 5.69 Å². The Hall–Kier alpha value is -0.990. The van der Waals surface area contributed by atoms with Crippen molar-refractivity contribution < 1.29 is 0 Å². The summed E-state index contributed by atoms with van der Waals surface area (Å²) >= 11 is 4.85. The van der Waals surface area contributed by atoms with E-state index in [1.807, 2.05) is 30.6 Å². The number of aliphatic imine (C=N–C) groups is 1. The van der Waals surface area contributed by atoms with Gasteiger partial charge in [-0.1, -0.05) is 34.6 Å². The highest BCUT2D eigenvalue weighted by atomic mass is 79.9. The van der Waals surface area contributed by atoms with Crippen molar-refractivity contribution in [3.05, 3.63) is 28.2 Å². The molecule has 1 rings (SSSR count). The zero-order valence-corrected chi connectivity index (χ0v) is 11.5. The Morgan fingerprint density at radius 3 is 2.94 bits per heavy atom. The van der Waals surface area contributed by atoms with Gasteiger partial charge in [0.25, 0.3) is 0 Å². The van der Waals surface area contributed by atoms with Crippen molar-refractivity contribution >= 4 is 38.5 Å². The third kappa shape index (κ3) is 3.54. The maximum atomic E-state index is 8.55. The van der Waals surface area contributed by atoms with Crippen LogP contribution in [-0.4, -0.2) is 11.4 Å². The van der Waals surface area contributed by atoms with Crippen LogP contribution in [-0.2, 0) is 6.42 Å². The number of halogens is 1. The lowest BCUT2D eigenvalue weighted by molar-refractivity contribution is 1.13. The molecule has 3 nitrogen and oxygen atoms in total. The zero-order valence-electron chi connectivity index (χ0n) is 9.12. The molecule has 0 bridgehead atoms. The molecule has 0 aliphatic carbocycles. The lowest BCUT2D eigenvalue weighted by Crippen LogP contribution is -2.12. The molecule has 0 radical (unpaired) electrons. The molecule has 16 heavy (non-hydrogen) atoms. The third-order valence-electron chi connectivity index (χ3n) is 2.00. The normalized spacial score (nSPS) is 11.0. The molecule has 0 spiro atoms. The summed E-state index contributed by atoms with van der Waals surface area (Å²) in [7, 11) is 0. The predicted molar refractivity (Wildman–Crippen MR) is 72.9 cm³/mol. The Morgan fingerprint density at radius 1 is 1.62 bits per heavy atom. The van der Waals surface area contributed by atoms with Crippen LogP contribution in [0.15, 0.2) is 27.7 Å². The molecule has 0 aliphatic heterocycles. The van der Waals surface area contributed by atoms with Gasteiger partial charge in [-0.2, -0.15) is 5.26 Å². The molecular formula is C11H12BrN3S. The van der Waals surface area contributed by atoms with Gasteiger partial charge in [0.2, 0.25) is 0 Å². The molecule has 0 saturated heterocycles. The number of benzene rings is 1. The van der Waals surface area contributed by atoms with E-state index in [4.69, 9.17) is 5.26 Å².